The average molecular weight is 277 g/mol. The number of carbonyl (C=O) groups excluding carboxylic acids is 1. The summed E-state index contributed by atoms with van der Waals surface area (Å²) in [5.41, 5.74) is 13.1. The number of alkyl halides is 1. The summed E-state index contributed by atoms with van der Waals surface area (Å²) in [5.74, 6) is -0.187. The lowest BCUT2D eigenvalue weighted by Crippen LogP contribution is -2.51. The first-order valence-corrected chi connectivity index (χ1v) is 6.48. The summed E-state index contributed by atoms with van der Waals surface area (Å²) < 4.78 is 15.0. The van der Waals surface area contributed by atoms with E-state index in [9.17, 15) is 9.18 Å². The van der Waals surface area contributed by atoms with Crippen LogP contribution in [0.15, 0.2) is 24.5 Å². The molecule has 106 valence electrons. The van der Waals surface area contributed by atoms with Crippen LogP contribution in [-0.4, -0.2) is 45.7 Å². The van der Waals surface area contributed by atoms with E-state index in [1.54, 1.807) is 27.7 Å². The first kappa shape index (κ1) is 12.9. The van der Waals surface area contributed by atoms with Gasteiger partial charge in [-0.05, 0) is 18.6 Å². The van der Waals surface area contributed by atoms with Crippen molar-refractivity contribution >= 4 is 17.1 Å². The second kappa shape index (κ2) is 4.75. The minimum absolute atomic E-state index is 0.187. The number of pyridine rings is 1. The molecule has 0 aliphatic carbocycles. The number of anilines is 1. The van der Waals surface area contributed by atoms with Crippen LogP contribution in [0.1, 0.15) is 16.8 Å². The number of fused-ring (bicyclic) bond motifs is 1. The van der Waals surface area contributed by atoms with Crippen molar-refractivity contribution in [2.24, 2.45) is 5.73 Å². The first-order chi connectivity index (χ1) is 9.56. The van der Waals surface area contributed by atoms with Gasteiger partial charge in [-0.1, -0.05) is 0 Å². The maximum absolute atomic E-state index is 13.4. The maximum Gasteiger partial charge on any atom is 0.257 e. The molecular weight excluding hydrogens is 261 g/mol. The Bertz CT molecular complexity index is 655. The van der Waals surface area contributed by atoms with E-state index in [0.29, 0.717) is 23.3 Å². The van der Waals surface area contributed by atoms with Gasteiger partial charge >= 0.3 is 0 Å². The third-order valence-corrected chi connectivity index (χ3v) is 3.63. The molecule has 1 amide bonds. The van der Waals surface area contributed by atoms with Crippen LogP contribution in [0.2, 0.25) is 0 Å². The summed E-state index contributed by atoms with van der Waals surface area (Å²) in [4.78, 5) is 14.1. The fourth-order valence-corrected chi connectivity index (χ4v) is 2.47. The number of nitrogens with two attached hydrogens (primary N) is 2. The topological polar surface area (TPSA) is 89.7 Å². The molecule has 7 heteroatoms. The van der Waals surface area contributed by atoms with Crippen molar-refractivity contribution in [2.75, 3.05) is 18.8 Å². The van der Waals surface area contributed by atoms with Crippen LogP contribution in [0.4, 0.5) is 10.1 Å². The number of likely N-dealkylation sites (tertiary alicyclic amines) is 1. The van der Waals surface area contributed by atoms with E-state index in [4.69, 9.17) is 11.5 Å². The maximum atomic E-state index is 13.4. The second-order valence-electron chi connectivity index (χ2n) is 5.07. The van der Waals surface area contributed by atoms with Crippen molar-refractivity contribution in [3.05, 3.63) is 30.1 Å². The SMILES string of the molecule is Nc1ccn2ncc(C(=O)N3CC[C@@H](F)[C@H](N)C3)c2c1. The van der Waals surface area contributed by atoms with Crippen LogP contribution in [0, 0.1) is 0 Å². The number of nitrogen functional groups attached to an aromatic ring is 1. The molecule has 0 radical (unpaired) electrons. The van der Waals surface area contributed by atoms with Gasteiger partial charge in [0.25, 0.3) is 5.91 Å². The number of amides is 1. The van der Waals surface area contributed by atoms with Gasteiger partial charge in [0.1, 0.15) is 6.17 Å². The molecule has 2 aromatic heterocycles. The van der Waals surface area contributed by atoms with E-state index in [0.717, 1.165) is 0 Å². The Morgan fingerprint density at radius 3 is 3.05 bits per heavy atom. The van der Waals surface area contributed by atoms with E-state index >= 15 is 0 Å². The average Bonchev–Trinajstić information content (AvgIpc) is 2.84. The predicted octanol–water partition coefficient (Wildman–Crippen LogP) is 0.428. The van der Waals surface area contributed by atoms with Gasteiger partial charge in [0.15, 0.2) is 0 Å². The van der Waals surface area contributed by atoms with E-state index in [1.807, 2.05) is 0 Å². The predicted molar refractivity (Wildman–Crippen MR) is 73.0 cm³/mol. The number of rotatable bonds is 1. The number of nitrogens with zero attached hydrogens (tertiary/aromatic N) is 3. The van der Waals surface area contributed by atoms with Crippen LogP contribution >= 0.6 is 0 Å². The van der Waals surface area contributed by atoms with Crippen molar-refractivity contribution in [3.63, 3.8) is 0 Å². The quantitative estimate of drug-likeness (QED) is 0.791. The van der Waals surface area contributed by atoms with Gasteiger partial charge in [-0.15, -0.1) is 0 Å². The molecule has 1 saturated heterocycles. The van der Waals surface area contributed by atoms with Gasteiger partial charge in [0, 0.05) is 25.0 Å². The number of hydrogen-bond donors (Lipinski definition) is 2. The molecule has 3 heterocycles. The smallest absolute Gasteiger partial charge is 0.257 e. The van der Waals surface area contributed by atoms with Crippen LogP contribution in [0.25, 0.3) is 5.52 Å². The third kappa shape index (κ3) is 2.09. The molecule has 1 fully saturated rings. The number of hydrogen-bond acceptors (Lipinski definition) is 4. The summed E-state index contributed by atoms with van der Waals surface area (Å²) in [6, 6.07) is 2.78. The summed E-state index contributed by atoms with van der Waals surface area (Å²) in [6.07, 6.45) is 2.43. The van der Waals surface area contributed by atoms with Crippen LogP contribution in [0.3, 0.4) is 0 Å². The largest absolute Gasteiger partial charge is 0.399 e. The zero-order valence-corrected chi connectivity index (χ0v) is 10.9. The molecule has 20 heavy (non-hydrogen) atoms. The monoisotopic (exact) mass is 277 g/mol. The molecule has 2 aromatic rings. The Kier molecular flexibility index (Phi) is 3.06. The zero-order valence-electron chi connectivity index (χ0n) is 10.9. The van der Waals surface area contributed by atoms with E-state index in [2.05, 4.69) is 5.10 Å². The molecule has 0 spiro atoms. The molecule has 0 saturated carbocycles. The van der Waals surface area contributed by atoms with E-state index in [-0.39, 0.29) is 18.9 Å². The Labute approximate surface area is 115 Å². The standard InChI is InChI=1S/C13H16FN5O/c14-10-2-3-18(7-11(10)16)13(20)9-6-17-19-4-1-8(15)5-12(9)19/h1,4-6,10-11H,2-3,7,15-16H2/t10-,11-/m1/s1. The number of carbonyl (C=O) groups is 1. The van der Waals surface area contributed by atoms with Gasteiger partial charge in [0.05, 0.1) is 23.3 Å². The molecule has 0 unspecified atom stereocenters. The van der Waals surface area contributed by atoms with Crippen molar-refractivity contribution in [3.8, 4) is 0 Å². The highest BCUT2D eigenvalue weighted by molar-refractivity contribution is 6.01. The van der Waals surface area contributed by atoms with Crippen molar-refractivity contribution in [1.29, 1.82) is 0 Å². The highest BCUT2D eigenvalue weighted by atomic mass is 19.1. The molecule has 0 bridgehead atoms. The van der Waals surface area contributed by atoms with Crippen LogP contribution < -0.4 is 11.5 Å². The summed E-state index contributed by atoms with van der Waals surface area (Å²) in [7, 11) is 0. The van der Waals surface area contributed by atoms with Crippen LogP contribution in [0.5, 0.6) is 0 Å². The highest BCUT2D eigenvalue weighted by Gasteiger charge is 2.30. The van der Waals surface area contributed by atoms with Gasteiger partial charge in [-0.2, -0.15) is 5.10 Å². The highest BCUT2D eigenvalue weighted by Crippen LogP contribution is 2.19. The molecule has 2 atom stereocenters. The first-order valence-electron chi connectivity index (χ1n) is 6.48. The molecule has 1 aliphatic heterocycles. The molecule has 0 aromatic carbocycles. The lowest BCUT2D eigenvalue weighted by molar-refractivity contribution is 0.0632. The lowest BCUT2D eigenvalue weighted by atomic mass is 10.0. The minimum atomic E-state index is -1.04. The fourth-order valence-electron chi connectivity index (χ4n) is 2.47. The summed E-state index contributed by atoms with van der Waals surface area (Å²) in [6.45, 7) is 0.590. The molecular formula is C13H16FN5O. The Morgan fingerprint density at radius 1 is 1.50 bits per heavy atom. The Morgan fingerprint density at radius 2 is 2.30 bits per heavy atom. The minimum Gasteiger partial charge on any atom is -0.399 e. The number of halogens is 1. The van der Waals surface area contributed by atoms with E-state index < -0.39 is 12.2 Å². The van der Waals surface area contributed by atoms with Gasteiger partial charge < -0.3 is 16.4 Å². The Balaban J connectivity index is 1.91. The summed E-state index contributed by atoms with van der Waals surface area (Å²) >= 11 is 0. The normalized spacial score (nSPS) is 23.2. The van der Waals surface area contributed by atoms with Gasteiger partial charge in [-0.25, -0.2) is 8.91 Å². The third-order valence-electron chi connectivity index (χ3n) is 3.63. The van der Waals surface area contributed by atoms with E-state index in [1.165, 1.54) is 6.20 Å². The molecule has 1 aliphatic rings. The second-order valence-corrected chi connectivity index (χ2v) is 5.07. The van der Waals surface area contributed by atoms with Crippen molar-refractivity contribution in [1.82, 2.24) is 14.5 Å². The van der Waals surface area contributed by atoms with Crippen molar-refractivity contribution in [2.45, 2.75) is 18.6 Å². The van der Waals surface area contributed by atoms with Gasteiger partial charge in [-0.3, -0.25) is 4.79 Å². The van der Waals surface area contributed by atoms with Crippen molar-refractivity contribution < 1.29 is 9.18 Å². The lowest BCUT2D eigenvalue weighted by Gasteiger charge is -2.32. The zero-order chi connectivity index (χ0) is 14.3. The summed E-state index contributed by atoms with van der Waals surface area (Å²) in [5, 5.41) is 4.12. The Hall–Kier alpha value is -2.15. The molecule has 6 nitrogen and oxygen atoms in total. The molecule has 3 rings (SSSR count). The fraction of sp³-hybridized carbons (Fsp3) is 0.385. The number of piperidine rings is 1. The van der Waals surface area contributed by atoms with Crippen LogP contribution in [-0.2, 0) is 0 Å². The molecule has 4 N–H and O–H groups in total. The number of aromatic nitrogens is 2. The van der Waals surface area contributed by atoms with Gasteiger partial charge in [0.2, 0.25) is 0 Å².